The molecule has 6 nitrogen and oxygen atoms in total. The number of carbonyl (C=O) groups is 1. The van der Waals surface area contributed by atoms with E-state index in [2.05, 4.69) is 15.4 Å². The van der Waals surface area contributed by atoms with Gasteiger partial charge in [0.2, 0.25) is 6.41 Å². The molecule has 1 aromatic carbocycles. The molecule has 1 saturated heterocycles. The van der Waals surface area contributed by atoms with Crippen molar-refractivity contribution < 1.29 is 14.1 Å². The zero-order valence-corrected chi connectivity index (χ0v) is 14.2. The molecule has 128 valence electrons. The summed E-state index contributed by atoms with van der Waals surface area (Å²) < 4.78 is 11.3. The van der Waals surface area contributed by atoms with E-state index in [0.29, 0.717) is 18.7 Å². The summed E-state index contributed by atoms with van der Waals surface area (Å²) in [5, 5.41) is 6.71. The lowest BCUT2D eigenvalue weighted by molar-refractivity contribution is -0.105. The van der Waals surface area contributed by atoms with Crippen molar-refractivity contribution in [2.45, 2.75) is 26.7 Å². The first kappa shape index (κ1) is 16.5. The van der Waals surface area contributed by atoms with E-state index in [1.807, 2.05) is 32.0 Å². The van der Waals surface area contributed by atoms with Crippen LogP contribution in [-0.4, -0.2) is 42.7 Å². The van der Waals surface area contributed by atoms with Crippen LogP contribution in [0.5, 0.6) is 5.75 Å². The summed E-state index contributed by atoms with van der Waals surface area (Å²) in [6.07, 6.45) is 3.22. The Morgan fingerprint density at radius 2 is 2.12 bits per heavy atom. The van der Waals surface area contributed by atoms with Crippen molar-refractivity contribution in [3.05, 3.63) is 29.7 Å². The second kappa shape index (κ2) is 7.49. The minimum atomic E-state index is 0.636. The number of aryl methyl sites for hydroxylation is 2. The number of nitrogens with zero attached hydrogens (tertiary/aromatic N) is 2. The molecule has 1 aliphatic rings. The zero-order valence-electron chi connectivity index (χ0n) is 14.2. The van der Waals surface area contributed by atoms with E-state index in [1.54, 1.807) is 0 Å². The number of anilines is 1. The van der Waals surface area contributed by atoms with E-state index in [-0.39, 0.29) is 0 Å². The lowest BCUT2D eigenvalue weighted by Crippen LogP contribution is -2.25. The van der Waals surface area contributed by atoms with Crippen molar-refractivity contribution in [2.75, 3.05) is 31.6 Å². The predicted octanol–water partition coefficient (Wildman–Crippen LogP) is 3.00. The topological polar surface area (TPSA) is 67.6 Å². The minimum absolute atomic E-state index is 0.636. The van der Waals surface area contributed by atoms with Gasteiger partial charge >= 0.3 is 0 Å². The van der Waals surface area contributed by atoms with Crippen molar-refractivity contribution in [2.24, 2.45) is 0 Å². The second-order valence-electron chi connectivity index (χ2n) is 6.07. The molecule has 6 heteroatoms. The Labute approximate surface area is 141 Å². The third kappa shape index (κ3) is 3.59. The number of ether oxygens (including phenoxy) is 1. The highest BCUT2D eigenvalue weighted by atomic mass is 16.5. The first-order valence-corrected chi connectivity index (χ1v) is 8.31. The molecule has 1 amide bonds. The highest BCUT2D eigenvalue weighted by Gasteiger charge is 2.17. The van der Waals surface area contributed by atoms with Gasteiger partial charge in [0.25, 0.3) is 0 Å². The molecule has 2 heterocycles. The van der Waals surface area contributed by atoms with Crippen molar-refractivity contribution in [3.8, 4) is 16.9 Å². The molecule has 1 N–H and O–H groups in total. The number of hydrogen-bond donors (Lipinski definition) is 1. The van der Waals surface area contributed by atoms with Crippen LogP contribution in [0.2, 0.25) is 0 Å². The molecule has 1 aliphatic heterocycles. The average Bonchev–Trinajstić information content (AvgIpc) is 3.19. The van der Waals surface area contributed by atoms with Gasteiger partial charge in [-0.1, -0.05) is 5.16 Å². The van der Waals surface area contributed by atoms with E-state index in [0.717, 1.165) is 48.0 Å². The van der Waals surface area contributed by atoms with Crippen molar-refractivity contribution in [3.63, 3.8) is 0 Å². The third-order valence-corrected chi connectivity index (χ3v) is 4.37. The third-order valence-electron chi connectivity index (χ3n) is 4.37. The normalized spacial score (nSPS) is 14.8. The molecule has 0 saturated carbocycles. The van der Waals surface area contributed by atoms with Gasteiger partial charge in [0.1, 0.15) is 18.1 Å². The van der Waals surface area contributed by atoms with E-state index in [4.69, 9.17) is 9.26 Å². The van der Waals surface area contributed by atoms with E-state index in [9.17, 15) is 4.79 Å². The quantitative estimate of drug-likeness (QED) is 0.791. The molecule has 0 radical (unpaired) electrons. The van der Waals surface area contributed by atoms with Gasteiger partial charge in [-0.15, -0.1) is 0 Å². The van der Waals surface area contributed by atoms with Crippen LogP contribution in [0.1, 0.15) is 24.3 Å². The summed E-state index contributed by atoms with van der Waals surface area (Å²) in [5.41, 5.74) is 3.33. The van der Waals surface area contributed by atoms with Crippen LogP contribution in [0.3, 0.4) is 0 Å². The Hall–Kier alpha value is -2.34. The Morgan fingerprint density at radius 3 is 2.79 bits per heavy atom. The van der Waals surface area contributed by atoms with Gasteiger partial charge in [-0.3, -0.25) is 9.69 Å². The fourth-order valence-electron chi connectivity index (χ4n) is 3.17. The van der Waals surface area contributed by atoms with E-state index in [1.165, 1.54) is 12.8 Å². The smallest absolute Gasteiger partial charge is 0.211 e. The number of rotatable bonds is 7. The lowest BCUT2D eigenvalue weighted by Gasteiger charge is -2.17. The number of aromatic nitrogens is 1. The number of carbonyl (C=O) groups excluding carboxylic acids is 1. The zero-order chi connectivity index (χ0) is 16.9. The van der Waals surface area contributed by atoms with Crippen molar-refractivity contribution >= 4 is 12.1 Å². The van der Waals surface area contributed by atoms with Crippen LogP contribution in [0.4, 0.5) is 5.69 Å². The van der Waals surface area contributed by atoms with Crippen LogP contribution in [0.15, 0.2) is 22.7 Å². The maximum atomic E-state index is 10.7. The summed E-state index contributed by atoms with van der Waals surface area (Å²) in [4.78, 5) is 13.1. The lowest BCUT2D eigenvalue weighted by atomic mass is 10.0. The molecule has 1 fully saturated rings. The highest BCUT2D eigenvalue weighted by molar-refractivity contribution is 5.80. The molecule has 0 spiro atoms. The molecule has 0 aliphatic carbocycles. The standard InChI is InChI=1S/C18H23N3O3/c1-13-18(14(2)24-20-13)16-11-15(19-12-22)5-6-17(16)23-10-9-21-7-3-4-8-21/h5-6,11-12H,3-4,7-10H2,1-2H3,(H,19,22). The van der Waals surface area contributed by atoms with Crippen LogP contribution < -0.4 is 10.1 Å². The van der Waals surface area contributed by atoms with Gasteiger partial charge in [0, 0.05) is 17.8 Å². The largest absolute Gasteiger partial charge is 0.492 e. The summed E-state index contributed by atoms with van der Waals surface area (Å²) in [5.74, 6) is 1.51. The Bertz CT molecular complexity index is 686. The molecule has 0 bridgehead atoms. The molecule has 0 unspecified atom stereocenters. The Morgan fingerprint density at radius 1 is 1.33 bits per heavy atom. The summed E-state index contributed by atoms with van der Waals surface area (Å²) in [7, 11) is 0. The van der Waals surface area contributed by atoms with Crippen LogP contribution in [0.25, 0.3) is 11.1 Å². The van der Waals surface area contributed by atoms with Crippen LogP contribution in [0, 0.1) is 13.8 Å². The Kier molecular flexibility index (Phi) is 5.15. The Balaban J connectivity index is 1.82. The predicted molar refractivity (Wildman–Crippen MR) is 92.3 cm³/mol. The molecule has 1 aromatic heterocycles. The molecular weight excluding hydrogens is 306 g/mol. The number of likely N-dealkylation sites (tertiary alicyclic amines) is 1. The number of hydrogen-bond acceptors (Lipinski definition) is 5. The molecule has 24 heavy (non-hydrogen) atoms. The number of amides is 1. The van der Waals surface area contributed by atoms with E-state index < -0.39 is 0 Å². The monoisotopic (exact) mass is 329 g/mol. The maximum Gasteiger partial charge on any atom is 0.211 e. The summed E-state index contributed by atoms with van der Waals surface area (Å²) >= 11 is 0. The molecule has 2 aromatic rings. The van der Waals surface area contributed by atoms with Gasteiger partial charge in [-0.2, -0.15) is 0 Å². The second-order valence-corrected chi connectivity index (χ2v) is 6.07. The first-order chi connectivity index (χ1) is 11.7. The number of benzene rings is 1. The SMILES string of the molecule is Cc1noc(C)c1-c1cc(NC=O)ccc1OCCN1CCCC1. The van der Waals surface area contributed by atoms with Gasteiger partial charge in [-0.25, -0.2) is 0 Å². The van der Waals surface area contributed by atoms with Gasteiger partial charge in [0.05, 0.1) is 11.3 Å². The van der Waals surface area contributed by atoms with Crippen molar-refractivity contribution in [1.82, 2.24) is 10.1 Å². The highest BCUT2D eigenvalue weighted by Crippen LogP contribution is 2.36. The van der Waals surface area contributed by atoms with E-state index >= 15 is 0 Å². The van der Waals surface area contributed by atoms with Gasteiger partial charge < -0.3 is 14.6 Å². The number of nitrogens with one attached hydrogen (secondary N) is 1. The van der Waals surface area contributed by atoms with Gasteiger partial charge in [-0.05, 0) is 58.0 Å². The summed E-state index contributed by atoms with van der Waals surface area (Å²) in [6, 6.07) is 5.62. The fraction of sp³-hybridized carbons (Fsp3) is 0.444. The summed E-state index contributed by atoms with van der Waals surface area (Å²) in [6.45, 7) is 7.65. The molecule has 0 atom stereocenters. The molecular formula is C18H23N3O3. The van der Waals surface area contributed by atoms with Crippen LogP contribution >= 0.6 is 0 Å². The van der Waals surface area contributed by atoms with Crippen LogP contribution in [-0.2, 0) is 4.79 Å². The fourth-order valence-corrected chi connectivity index (χ4v) is 3.17. The first-order valence-electron chi connectivity index (χ1n) is 8.31. The maximum absolute atomic E-state index is 10.7. The van der Waals surface area contributed by atoms with Gasteiger partial charge in [0.15, 0.2) is 0 Å². The average molecular weight is 329 g/mol. The molecule has 3 rings (SSSR count). The van der Waals surface area contributed by atoms with Crippen molar-refractivity contribution in [1.29, 1.82) is 0 Å². The minimum Gasteiger partial charge on any atom is -0.492 e.